The van der Waals surface area contributed by atoms with E-state index in [0.717, 1.165) is 0 Å². The minimum absolute atomic E-state index is 0.349. The first kappa shape index (κ1) is 24.6. The molecular formula is C34H33P2+. The van der Waals surface area contributed by atoms with E-state index in [9.17, 15) is 0 Å². The van der Waals surface area contributed by atoms with Gasteiger partial charge in [0.25, 0.3) is 0 Å². The smallest absolute Gasteiger partial charge is 0.0622 e. The first-order valence-electron chi connectivity index (χ1n) is 12.8. The van der Waals surface area contributed by atoms with Crippen molar-refractivity contribution in [1.29, 1.82) is 0 Å². The second-order valence-electron chi connectivity index (χ2n) is 9.07. The molecule has 178 valence electrons. The minimum Gasteiger partial charge on any atom is -0.0622 e. The highest BCUT2D eigenvalue weighted by atomic mass is 31.2. The third-order valence-electron chi connectivity index (χ3n) is 6.85. The molecule has 0 saturated carbocycles. The summed E-state index contributed by atoms with van der Waals surface area (Å²) < 4.78 is 0. The Morgan fingerprint density at radius 2 is 0.722 bits per heavy atom. The molecule has 0 heterocycles. The predicted octanol–water partition coefficient (Wildman–Crippen LogP) is 6.89. The molecule has 0 bridgehead atoms. The lowest BCUT2D eigenvalue weighted by atomic mass is 10.3. The number of hydrogen-bond acceptors (Lipinski definition) is 0. The van der Waals surface area contributed by atoms with Crippen LogP contribution in [0.5, 0.6) is 0 Å². The van der Waals surface area contributed by atoms with Gasteiger partial charge in [-0.15, -0.1) is 0 Å². The molecule has 0 fully saturated rings. The Morgan fingerprint density at radius 1 is 0.389 bits per heavy atom. The topological polar surface area (TPSA) is 0 Å². The Labute approximate surface area is 218 Å². The van der Waals surface area contributed by atoms with Gasteiger partial charge in [0.05, 0.1) is 6.16 Å². The molecule has 36 heavy (non-hydrogen) atoms. The van der Waals surface area contributed by atoms with Crippen molar-refractivity contribution < 1.29 is 0 Å². The fourth-order valence-electron chi connectivity index (χ4n) is 5.12. The van der Waals surface area contributed by atoms with Gasteiger partial charge in [-0.3, -0.25) is 0 Å². The van der Waals surface area contributed by atoms with Crippen molar-refractivity contribution in [3.05, 3.63) is 152 Å². The summed E-state index contributed by atoms with van der Waals surface area (Å²) in [5.74, 6) is 0. The molecule has 0 aliphatic carbocycles. The third-order valence-corrected chi connectivity index (χ3v) is 14.0. The zero-order valence-electron chi connectivity index (χ0n) is 20.7. The zero-order chi connectivity index (χ0) is 24.5. The van der Waals surface area contributed by atoms with Gasteiger partial charge >= 0.3 is 0 Å². The fraction of sp³-hybridized carbons (Fsp3) is 0.118. The summed E-state index contributed by atoms with van der Waals surface area (Å²) in [7, 11) is -2.10. The molecule has 0 amide bonds. The van der Waals surface area contributed by atoms with Gasteiger partial charge in [0.15, 0.2) is 0 Å². The normalized spacial score (nSPS) is 11.5. The standard InChI is InChI=1S/C34H33P2/c1-6-18-30(19-7-1)35(31-20-8-2-9-21-31)28-16-17-29-36(32-22-10-3-11-23-32,33-24-12-4-13-25-33)34-26-14-5-15-27-34/h1-15,18-27H,16-17,28-29H2/q+1. The van der Waals surface area contributed by atoms with Crippen molar-refractivity contribution in [1.82, 2.24) is 0 Å². The van der Waals surface area contributed by atoms with E-state index in [0.29, 0.717) is 0 Å². The van der Waals surface area contributed by atoms with Crippen LogP contribution >= 0.6 is 15.2 Å². The van der Waals surface area contributed by atoms with Crippen molar-refractivity contribution in [2.45, 2.75) is 12.8 Å². The summed E-state index contributed by atoms with van der Waals surface area (Å²) in [5.41, 5.74) is 0. The Hall–Kier alpha value is -3.04. The van der Waals surface area contributed by atoms with Gasteiger partial charge in [0, 0.05) is 0 Å². The molecule has 0 nitrogen and oxygen atoms in total. The van der Waals surface area contributed by atoms with Gasteiger partial charge in [-0.1, -0.05) is 115 Å². The van der Waals surface area contributed by atoms with Gasteiger partial charge in [0.2, 0.25) is 0 Å². The van der Waals surface area contributed by atoms with Crippen LogP contribution in [-0.4, -0.2) is 12.3 Å². The van der Waals surface area contributed by atoms with Crippen LogP contribution in [0, 0.1) is 0 Å². The van der Waals surface area contributed by atoms with E-state index in [1.807, 2.05) is 0 Å². The quantitative estimate of drug-likeness (QED) is 0.144. The molecule has 0 atom stereocenters. The molecule has 5 rings (SSSR count). The van der Waals surface area contributed by atoms with Crippen LogP contribution < -0.4 is 26.5 Å². The van der Waals surface area contributed by atoms with Gasteiger partial charge < -0.3 is 0 Å². The average molecular weight is 504 g/mol. The average Bonchev–Trinajstić information content (AvgIpc) is 2.97. The predicted molar refractivity (Wildman–Crippen MR) is 163 cm³/mol. The van der Waals surface area contributed by atoms with E-state index in [2.05, 4.69) is 152 Å². The first-order chi connectivity index (χ1) is 17.9. The fourth-order valence-corrected chi connectivity index (χ4v) is 12.0. The molecule has 0 aliphatic rings. The summed E-state index contributed by atoms with van der Waals surface area (Å²) in [6.45, 7) is 0. The van der Waals surface area contributed by atoms with Crippen LogP contribution in [0.15, 0.2) is 152 Å². The Morgan fingerprint density at radius 3 is 1.08 bits per heavy atom. The largest absolute Gasteiger partial charge is 0.112 e. The lowest BCUT2D eigenvalue weighted by molar-refractivity contribution is 0.899. The van der Waals surface area contributed by atoms with E-state index in [-0.39, 0.29) is 7.92 Å². The highest BCUT2D eigenvalue weighted by Crippen LogP contribution is 2.56. The minimum atomic E-state index is -1.75. The lowest BCUT2D eigenvalue weighted by Gasteiger charge is -2.28. The molecule has 0 saturated heterocycles. The summed E-state index contributed by atoms with van der Waals surface area (Å²) in [5, 5.41) is 7.41. The molecule has 0 N–H and O–H groups in total. The number of unbranched alkanes of at least 4 members (excludes halogenated alkanes) is 1. The summed E-state index contributed by atoms with van der Waals surface area (Å²) in [6.07, 6.45) is 4.86. The highest BCUT2D eigenvalue weighted by molar-refractivity contribution is 7.95. The van der Waals surface area contributed by atoms with Crippen LogP contribution in [0.25, 0.3) is 0 Å². The van der Waals surface area contributed by atoms with Crippen molar-refractivity contribution in [2.24, 2.45) is 0 Å². The number of benzene rings is 5. The molecule has 0 aliphatic heterocycles. The SMILES string of the molecule is c1ccc(P(CCCC[P+](c2ccccc2)(c2ccccc2)c2ccccc2)c2ccccc2)cc1. The van der Waals surface area contributed by atoms with Crippen molar-refractivity contribution in [2.75, 3.05) is 12.3 Å². The van der Waals surface area contributed by atoms with E-state index in [4.69, 9.17) is 0 Å². The maximum atomic E-state index is 2.36. The number of hydrogen-bond donors (Lipinski definition) is 0. The zero-order valence-corrected chi connectivity index (χ0v) is 22.4. The van der Waals surface area contributed by atoms with Crippen LogP contribution in [0.4, 0.5) is 0 Å². The van der Waals surface area contributed by atoms with Crippen LogP contribution in [-0.2, 0) is 0 Å². The molecule has 0 aromatic heterocycles. The summed E-state index contributed by atoms with van der Waals surface area (Å²) >= 11 is 0. The van der Waals surface area contributed by atoms with E-state index >= 15 is 0 Å². The van der Waals surface area contributed by atoms with Crippen molar-refractivity contribution in [3.8, 4) is 0 Å². The number of rotatable bonds is 10. The van der Waals surface area contributed by atoms with Gasteiger partial charge in [-0.2, -0.15) is 0 Å². The Kier molecular flexibility index (Phi) is 8.40. The maximum absolute atomic E-state index is 2.36. The molecule has 0 radical (unpaired) electrons. The molecule has 2 heteroatoms. The lowest BCUT2D eigenvalue weighted by Crippen LogP contribution is -2.33. The third kappa shape index (κ3) is 5.52. The molecule has 0 unspecified atom stereocenters. The van der Waals surface area contributed by atoms with Crippen LogP contribution in [0.3, 0.4) is 0 Å². The molecular weight excluding hydrogens is 470 g/mol. The highest BCUT2D eigenvalue weighted by Gasteiger charge is 2.44. The van der Waals surface area contributed by atoms with E-state index in [1.54, 1.807) is 0 Å². The van der Waals surface area contributed by atoms with Gasteiger partial charge in [-0.25, -0.2) is 0 Å². The molecule has 5 aromatic carbocycles. The summed E-state index contributed by atoms with van der Waals surface area (Å²) in [4.78, 5) is 0. The summed E-state index contributed by atoms with van der Waals surface area (Å²) in [6, 6.07) is 56.0. The Balaban J connectivity index is 1.45. The molecule has 0 spiro atoms. The van der Waals surface area contributed by atoms with E-state index < -0.39 is 7.26 Å². The second-order valence-corrected chi connectivity index (χ2v) is 15.0. The van der Waals surface area contributed by atoms with Gasteiger partial charge in [-0.05, 0) is 73.9 Å². The first-order valence-corrected chi connectivity index (χ1v) is 16.3. The molecule has 5 aromatic rings. The monoisotopic (exact) mass is 503 g/mol. The van der Waals surface area contributed by atoms with Crippen LogP contribution in [0.1, 0.15) is 12.8 Å². The maximum Gasteiger partial charge on any atom is 0.112 e. The van der Waals surface area contributed by atoms with Crippen LogP contribution in [0.2, 0.25) is 0 Å². The van der Waals surface area contributed by atoms with Gasteiger partial charge in [0.1, 0.15) is 23.2 Å². The van der Waals surface area contributed by atoms with E-state index in [1.165, 1.54) is 51.7 Å². The Bertz CT molecular complexity index is 1170. The van der Waals surface area contributed by atoms with Crippen molar-refractivity contribution in [3.63, 3.8) is 0 Å². The van der Waals surface area contributed by atoms with Crippen molar-refractivity contribution >= 4 is 41.7 Å². The second kappa shape index (κ2) is 12.3.